The number of likely N-dealkylation sites (N-methyl/N-ethyl adjacent to an activating group) is 1. The SMILES string of the molecule is CCN(CC)CCNC(=O)c1ccc2c(c1)[C@H]1NCC[C@H]1C(c1ccc(OC)cc1)N2. The van der Waals surface area contributed by atoms with E-state index in [1.54, 1.807) is 7.11 Å². The standard InChI is InChI=1S/C25H34N4O2/c1-4-29(5-2)15-14-27-25(30)18-8-11-22-21(16-18)24-20(12-13-26-24)23(28-22)17-6-9-19(31-3)10-7-17/h6-11,16,20,23-24,26,28H,4-5,12-15H2,1-3H3,(H,27,30)/t20-,23?,24-/m0/s1. The lowest BCUT2D eigenvalue weighted by Gasteiger charge is -2.37. The first kappa shape index (κ1) is 21.7. The Morgan fingerprint density at radius 1 is 1.13 bits per heavy atom. The predicted octanol–water partition coefficient (Wildman–Crippen LogP) is 3.58. The molecule has 1 amide bonds. The maximum Gasteiger partial charge on any atom is 0.251 e. The number of amides is 1. The molecule has 6 nitrogen and oxygen atoms in total. The van der Waals surface area contributed by atoms with Crippen molar-refractivity contribution in [3.63, 3.8) is 0 Å². The van der Waals surface area contributed by atoms with Crippen LogP contribution in [0.25, 0.3) is 0 Å². The number of benzene rings is 2. The minimum Gasteiger partial charge on any atom is -0.497 e. The molecule has 1 saturated heterocycles. The number of rotatable bonds is 8. The van der Waals surface area contributed by atoms with Crippen LogP contribution in [0.1, 0.15) is 53.8 Å². The molecule has 0 radical (unpaired) electrons. The van der Waals surface area contributed by atoms with E-state index >= 15 is 0 Å². The fourth-order valence-electron chi connectivity index (χ4n) is 4.90. The van der Waals surface area contributed by atoms with Crippen LogP contribution in [0, 0.1) is 5.92 Å². The first-order valence-corrected chi connectivity index (χ1v) is 11.4. The Morgan fingerprint density at radius 3 is 2.61 bits per heavy atom. The van der Waals surface area contributed by atoms with E-state index in [1.165, 1.54) is 11.1 Å². The number of carbonyl (C=O) groups is 1. The van der Waals surface area contributed by atoms with Gasteiger partial charge in [0.25, 0.3) is 5.91 Å². The van der Waals surface area contributed by atoms with Crippen molar-refractivity contribution in [2.75, 3.05) is 45.2 Å². The molecule has 0 bridgehead atoms. The minimum absolute atomic E-state index is 0.00165. The third kappa shape index (κ3) is 4.55. The van der Waals surface area contributed by atoms with Crippen LogP contribution in [0.4, 0.5) is 5.69 Å². The van der Waals surface area contributed by atoms with Gasteiger partial charge in [-0.2, -0.15) is 0 Å². The second-order valence-corrected chi connectivity index (χ2v) is 8.36. The molecule has 0 spiro atoms. The number of hydrogen-bond acceptors (Lipinski definition) is 5. The Balaban J connectivity index is 1.50. The van der Waals surface area contributed by atoms with Gasteiger partial charge < -0.3 is 25.6 Å². The zero-order valence-corrected chi connectivity index (χ0v) is 18.8. The van der Waals surface area contributed by atoms with Crippen LogP contribution >= 0.6 is 0 Å². The second kappa shape index (κ2) is 9.71. The summed E-state index contributed by atoms with van der Waals surface area (Å²) in [6.45, 7) is 8.82. The van der Waals surface area contributed by atoms with Crippen LogP contribution < -0.4 is 20.7 Å². The molecule has 4 rings (SSSR count). The van der Waals surface area contributed by atoms with Gasteiger partial charge in [-0.05, 0) is 67.5 Å². The topological polar surface area (TPSA) is 65.6 Å². The van der Waals surface area contributed by atoms with E-state index in [2.05, 4.69) is 59.0 Å². The lowest BCUT2D eigenvalue weighted by molar-refractivity contribution is 0.0948. The molecular formula is C25H34N4O2. The van der Waals surface area contributed by atoms with E-state index in [4.69, 9.17) is 4.74 Å². The van der Waals surface area contributed by atoms with Gasteiger partial charge in [0.2, 0.25) is 0 Å². The fraction of sp³-hybridized carbons (Fsp3) is 0.480. The number of anilines is 1. The monoisotopic (exact) mass is 422 g/mol. The highest BCUT2D eigenvalue weighted by Gasteiger charge is 2.40. The average Bonchev–Trinajstić information content (AvgIpc) is 3.31. The zero-order valence-electron chi connectivity index (χ0n) is 18.8. The smallest absolute Gasteiger partial charge is 0.251 e. The lowest BCUT2D eigenvalue weighted by atomic mass is 9.80. The summed E-state index contributed by atoms with van der Waals surface area (Å²) in [5.74, 6) is 1.32. The lowest BCUT2D eigenvalue weighted by Crippen LogP contribution is -2.35. The van der Waals surface area contributed by atoms with E-state index in [-0.39, 0.29) is 18.0 Å². The molecule has 2 aromatic carbocycles. The van der Waals surface area contributed by atoms with Crippen molar-refractivity contribution in [1.82, 2.24) is 15.5 Å². The molecule has 3 atom stereocenters. The van der Waals surface area contributed by atoms with Crippen LogP contribution in [0.3, 0.4) is 0 Å². The fourth-order valence-corrected chi connectivity index (χ4v) is 4.90. The van der Waals surface area contributed by atoms with Crippen molar-refractivity contribution in [2.24, 2.45) is 5.92 Å². The zero-order chi connectivity index (χ0) is 21.8. The van der Waals surface area contributed by atoms with Crippen molar-refractivity contribution in [3.8, 4) is 5.75 Å². The van der Waals surface area contributed by atoms with Crippen molar-refractivity contribution < 1.29 is 9.53 Å². The highest BCUT2D eigenvalue weighted by molar-refractivity contribution is 5.95. The summed E-state index contributed by atoms with van der Waals surface area (Å²) < 4.78 is 5.32. The highest BCUT2D eigenvalue weighted by Crippen LogP contribution is 2.47. The Hall–Kier alpha value is -2.57. The van der Waals surface area contributed by atoms with E-state index < -0.39 is 0 Å². The van der Waals surface area contributed by atoms with Crippen LogP contribution in [0.2, 0.25) is 0 Å². The van der Waals surface area contributed by atoms with Gasteiger partial charge in [-0.25, -0.2) is 0 Å². The van der Waals surface area contributed by atoms with Crippen molar-refractivity contribution in [2.45, 2.75) is 32.4 Å². The molecule has 0 saturated carbocycles. The van der Waals surface area contributed by atoms with Gasteiger partial charge in [-0.3, -0.25) is 4.79 Å². The van der Waals surface area contributed by atoms with Gasteiger partial charge in [0.1, 0.15) is 5.75 Å². The third-order valence-electron chi connectivity index (χ3n) is 6.74. The third-order valence-corrected chi connectivity index (χ3v) is 6.74. The quantitative estimate of drug-likeness (QED) is 0.607. The number of carbonyl (C=O) groups excluding carboxylic acids is 1. The number of methoxy groups -OCH3 is 1. The Bertz CT molecular complexity index is 895. The maximum absolute atomic E-state index is 12.7. The number of nitrogens with zero attached hydrogens (tertiary/aromatic N) is 1. The molecule has 166 valence electrons. The summed E-state index contributed by atoms with van der Waals surface area (Å²) in [6.07, 6.45) is 1.11. The van der Waals surface area contributed by atoms with Crippen LogP contribution in [-0.4, -0.2) is 50.6 Å². The van der Waals surface area contributed by atoms with Gasteiger partial charge in [0.15, 0.2) is 0 Å². The minimum atomic E-state index is 0.00165. The van der Waals surface area contributed by atoms with Gasteiger partial charge in [0, 0.05) is 36.3 Å². The molecule has 31 heavy (non-hydrogen) atoms. The molecule has 3 N–H and O–H groups in total. The van der Waals surface area contributed by atoms with Crippen molar-refractivity contribution in [1.29, 1.82) is 0 Å². The van der Waals surface area contributed by atoms with E-state index in [0.29, 0.717) is 12.5 Å². The highest BCUT2D eigenvalue weighted by atomic mass is 16.5. The summed E-state index contributed by atoms with van der Waals surface area (Å²) in [7, 11) is 1.69. The first-order valence-electron chi connectivity index (χ1n) is 11.4. The molecule has 2 aromatic rings. The largest absolute Gasteiger partial charge is 0.497 e. The molecule has 6 heteroatoms. The van der Waals surface area contributed by atoms with Crippen molar-refractivity contribution in [3.05, 3.63) is 59.2 Å². The maximum atomic E-state index is 12.7. The number of fused-ring (bicyclic) bond motifs is 3. The van der Waals surface area contributed by atoms with Gasteiger partial charge in [-0.1, -0.05) is 26.0 Å². The predicted molar refractivity (Wildman–Crippen MR) is 125 cm³/mol. The summed E-state index contributed by atoms with van der Waals surface area (Å²) in [5.41, 5.74) is 4.30. The normalized spacial score (nSPS) is 21.9. The number of nitrogens with one attached hydrogen (secondary N) is 3. The summed E-state index contributed by atoms with van der Waals surface area (Å²) in [5, 5.41) is 10.5. The van der Waals surface area contributed by atoms with E-state index in [1.807, 2.05) is 18.2 Å². The molecule has 0 aliphatic carbocycles. The summed E-state index contributed by atoms with van der Waals surface area (Å²) >= 11 is 0. The van der Waals surface area contributed by atoms with Crippen LogP contribution in [0.5, 0.6) is 5.75 Å². The average molecular weight is 423 g/mol. The Kier molecular flexibility index (Phi) is 6.78. The summed E-state index contributed by atoms with van der Waals surface area (Å²) in [4.78, 5) is 15.1. The van der Waals surface area contributed by atoms with Gasteiger partial charge >= 0.3 is 0 Å². The molecule has 2 aliphatic rings. The van der Waals surface area contributed by atoms with Crippen molar-refractivity contribution >= 4 is 11.6 Å². The molecule has 1 unspecified atom stereocenters. The first-order chi connectivity index (χ1) is 15.1. The molecule has 0 aromatic heterocycles. The van der Waals surface area contributed by atoms with Crippen LogP contribution in [0.15, 0.2) is 42.5 Å². The molecular weight excluding hydrogens is 388 g/mol. The van der Waals surface area contributed by atoms with E-state index in [9.17, 15) is 4.79 Å². The molecule has 2 heterocycles. The second-order valence-electron chi connectivity index (χ2n) is 8.36. The molecule has 2 aliphatic heterocycles. The van der Waals surface area contributed by atoms with Gasteiger partial charge in [-0.15, -0.1) is 0 Å². The van der Waals surface area contributed by atoms with E-state index in [0.717, 1.165) is 49.6 Å². The Labute approximate surface area is 185 Å². The Morgan fingerprint density at radius 2 is 1.90 bits per heavy atom. The number of hydrogen-bond donors (Lipinski definition) is 3. The number of ether oxygens (including phenoxy) is 1. The molecule has 1 fully saturated rings. The summed E-state index contributed by atoms with van der Waals surface area (Å²) in [6, 6.07) is 14.9. The van der Waals surface area contributed by atoms with Crippen LogP contribution in [-0.2, 0) is 0 Å². The van der Waals surface area contributed by atoms with Gasteiger partial charge in [0.05, 0.1) is 13.2 Å².